The number of esters is 2. The highest BCUT2D eigenvalue weighted by atomic mass is 16.6. The molecule has 0 aliphatic heterocycles. The van der Waals surface area contributed by atoms with Crippen LogP contribution < -0.4 is 0 Å². The Morgan fingerprint density at radius 3 is 2.11 bits per heavy atom. The van der Waals surface area contributed by atoms with Crippen LogP contribution in [-0.4, -0.2) is 35.9 Å². The Hall–Kier alpha value is -1.10. The van der Waals surface area contributed by atoms with Gasteiger partial charge in [-0.25, -0.2) is 0 Å². The molecule has 5 saturated carbocycles. The highest BCUT2D eigenvalue weighted by molar-refractivity contribution is 6.00. The Kier molecular flexibility index (Phi) is 6.81. The van der Waals surface area contributed by atoms with Gasteiger partial charge in [0.2, 0.25) is 0 Å². The lowest BCUT2D eigenvalue weighted by Gasteiger charge is -2.58. The molecule has 8 atom stereocenters. The molecular weight excluding hydrogens is 440 g/mol. The molecule has 5 aliphatic rings. The van der Waals surface area contributed by atoms with E-state index >= 15 is 0 Å². The number of fused-ring (bicyclic) bond motifs is 5. The zero-order valence-electron chi connectivity index (χ0n) is 22.5. The van der Waals surface area contributed by atoms with Crippen molar-refractivity contribution in [1.29, 1.82) is 0 Å². The molecule has 0 heterocycles. The minimum atomic E-state index is -1.15. The predicted octanol–water partition coefficient (Wildman–Crippen LogP) is 5.92. The summed E-state index contributed by atoms with van der Waals surface area (Å²) in [6.45, 7) is 8.72. The first-order valence-electron chi connectivity index (χ1n) is 14.7. The molecule has 5 rings (SSSR count). The van der Waals surface area contributed by atoms with Crippen LogP contribution in [0.4, 0.5) is 0 Å². The van der Waals surface area contributed by atoms with Crippen LogP contribution in [-0.2, 0) is 19.1 Å². The van der Waals surface area contributed by atoms with Crippen LogP contribution in [0, 0.1) is 52.3 Å². The molecule has 35 heavy (non-hydrogen) atoms. The summed E-state index contributed by atoms with van der Waals surface area (Å²) in [7, 11) is 0. The minimum absolute atomic E-state index is 0.00413. The third kappa shape index (κ3) is 4.26. The molecule has 0 spiro atoms. The second-order valence-corrected chi connectivity index (χ2v) is 13.4. The van der Waals surface area contributed by atoms with Crippen LogP contribution in [0.5, 0.6) is 0 Å². The number of hydrogen-bond acceptors (Lipinski definition) is 5. The van der Waals surface area contributed by atoms with Crippen molar-refractivity contribution in [3.63, 3.8) is 0 Å². The standard InChI is InChI=1S/C30H48O5/c1-5-34-26(31)30(17-19-7-8-19,27(32)35-6-2)25-12-11-24-23-10-9-20-18-28(3,33)15-13-21(20)22(23)14-16-29(24,25)4/h19-25,33H,5-18H2,1-4H3/t20-,21+,22-,23-,24+,25+,28-,29+/m1/s1. The summed E-state index contributed by atoms with van der Waals surface area (Å²) in [6, 6.07) is 0. The summed E-state index contributed by atoms with van der Waals surface area (Å²) in [4.78, 5) is 27.5. The molecule has 0 aromatic heterocycles. The van der Waals surface area contributed by atoms with Gasteiger partial charge in [0.1, 0.15) is 0 Å². The van der Waals surface area contributed by atoms with Crippen LogP contribution in [0.25, 0.3) is 0 Å². The largest absolute Gasteiger partial charge is 0.465 e. The summed E-state index contributed by atoms with van der Waals surface area (Å²) in [5.74, 6) is 3.19. The first-order valence-corrected chi connectivity index (χ1v) is 14.7. The second kappa shape index (κ2) is 9.33. The average Bonchev–Trinajstić information content (AvgIpc) is 3.55. The Morgan fingerprint density at radius 1 is 0.829 bits per heavy atom. The number of ether oxygens (including phenoxy) is 2. The van der Waals surface area contributed by atoms with Gasteiger partial charge in [-0.05, 0) is 132 Å². The molecule has 0 aromatic rings. The van der Waals surface area contributed by atoms with E-state index in [2.05, 4.69) is 6.92 Å². The van der Waals surface area contributed by atoms with Gasteiger partial charge in [0.05, 0.1) is 18.8 Å². The highest BCUT2D eigenvalue weighted by Crippen LogP contribution is 2.68. The molecule has 0 aromatic carbocycles. The molecule has 5 fully saturated rings. The van der Waals surface area contributed by atoms with Gasteiger partial charge in [-0.2, -0.15) is 0 Å². The number of hydrogen-bond donors (Lipinski definition) is 1. The number of carbonyl (C=O) groups excluding carboxylic acids is 2. The van der Waals surface area contributed by atoms with Crippen molar-refractivity contribution in [3.05, 3.63) is 0 Å². The lowest BCUT2D eigenvalue weighted by Crippen LogP contribution is -2.56. The Bertz CT molecular complexity index is 798. The van der Waals surface area contributed by atoms with Crippen molar-refractivity contribution >= 4 is 11.9 Å². The van der Waals surface area contributed by atoms with E-state index in [9.17, 15) is 14.7 Å². The van der Waals surface area contributed by atoms with Crippen LogP contribution in [0.2, 0.25) is 0 Å². The molecule has 5 aliphatic carbocycles. The first-order chi connectivity index (χ1) is 16.7. The average molecular weight is 489 g/mol. The fourth-order valence-electron chi connectivity index (χ4n) is 9.86. The SMILES string of the molecule is CCOC(=O)C(CC1CC1)(C(=O)OCC)[C@H]1CC[C@H]2[C@@H]3CC[C@@H]4C[C@](C)(O)CC[C@@H]4[C@H]3CC[C@]12C. The molecule has 0 amide bonds. The number of aliphatic hydroxyl groups is 1. The Labute approximate surface area is 212 Å². The zero-order chi connectivity index (χ0) is 25.0. The van der Waals surface area contributed by atoms with Crippen LogP contribution in [0.3, 0.4) is 0 Å². The predicted molar refractivity (Wildman–Crippen MR) is 134 cm³/mol. The van der Waals surface area contributed by atoms with E-state index in [4.69, 9.17) is 9.47 Å². The lowest BCUT2D eigenvalue weighted by molar-refractivity contribution is -0.185. The quantitative estimate of drug-likeness (QED) is 0.356. The molecule has 1 N–H and O–H groups in total. The minimum Gasteiger partial charge on any atom is -0.465 e. The van der Waals surface area contributed by atoms with Gasteiger partial charge in [0, 0.05) is 0 Å². The molecule has 5 nitrogen and oxygen atoms in total. The topological polar surface area (TPSA) is 72.8 Å². The lowest BCUT2D eigenvalue weighted by atomic mass is 9.47. The smallest absolute Gasteiger partial charge is 0.323 e. The number of carbonyl (C=O) groups is 2. The van der Waals surface area contributed by atoms with Crippen molar-refractivity contribution in [3.8, 4) is 0 Å². The highest BCUT2D eigenvalue weighted by Gasteiger charge is 2.67. The van der Waals surface area contributed by atoms with E-state index < -0.39 is 11.0 Å². The van der Waals surface area contributed by atoms with Crippen LogP contribution >= 0.6 is 0 Å². The summed E-state index contributed by atoms with van der Waals surface area (Å²) < 4.78 is 11.3. The van der Waals surface area contributed by atoms with Gasteiger partial charge in [0.25, 0.3) is 0 Å². The molecule has 5 heteroatoms. The summed E-state index contributed by atoms with van der Waals surface area (Å²) >= 11 is 0. The Balaban J connectivity index is 1.45. The summed E-state index contributed by atoms with van der Waals surface area (Å²) in [5.41, 5.74) is -1.66. The molecule has 0 unspecified atom stereocenters. The van der Waals surface area contributed by atoms with E-state index in [0.29, 0.717) is 43.3 Å². The third-order valence-electron chi connectivity index (χ3n) is 11.4. The van der Waals surface area contributed by atoms with Crippen molar-refractivity contribution in [1.82, 2.24) is 0 Å². The van der Waals surface area contributed by atoms with Gasteiger partial charge in [-0.3, -0.25) is 9.59 Å². The van der Waals surface area contributed by atoms with E-state index in [1.807, 2.05) is 20.8 Å². The van der Waals surface area contributed by atoms with Gasteiger partial charge in [0.15, 0.2) is 5.41 Å². The molecule has 0 saturated heterocycles. The summed E-state index contributed by atoms with van der Waals surface area (Å²) in [5, 5.41) is 10.7. The van der Waals surface area contributed by atoms with Crippen LogP contribution in [0.15, 0.2) is 0 Å². The van der Waals surface area contributed by atoms with Crippen LogP contribution in [0.1, 0.15) is 105 Å². The second-order valence-electron chi connectivity index (χ2n) is 13.4. The van der Waals surface area contributed by atoms with E-state index in [1.165, 1.54) is 19.3 Å². The fraction of sp³-hybridized carbons (Fsp3) is 0.933. The normalized spacial score (nSPS) is 43.0. The van der Waals surface area contributed by atoms with Crippen molar-refractivity contribution in [2.45, 2.75) is 110 Å². The zero-order valence-corrected chi connectivity index (χ0v) is 22.5. The molecular formula is C30H48O5. The molecule has 0 bridgehead atoms. The first kappa shape index (κ1) is 25.5. The third-order valence-corrected chi connectivity index (χ3v) is 11.4. The maximum absolute atomic E-state index is 13.7. The maximum atomic E-state index is 13.7. The van der Waals surface area contributed by atoms with E-state index in [1.54, 1.807) is 0 Å². The van der Waals surface area contributed by atoms with Crippen molar-refractivity contribution in [2.75, 3.05) is 13.2 Å². The number of rotatable bonds is 7. The van der Waals surface area contributed by atoms with Crippen molar-refractivity contribution < 1.29 is 24.2 Å². The van der Waals surface area contributed by atoms with Gasteiger partial charge >= 0.3 is 11.9 Å². The Morgan fingerprint density at radius 2 is 1.49 bits per heavy atom. The van der Waals surface area contributed by atoms with E-state index in [0.717, 1.165) is 63.2 Å². The van der Waals surface area contributed by atoms with E-state index in [-0.39, 0.29) is 23.3 Å². The van der Waals surface area contributed by atoms with Gasteiger partial charge in [-0.1, -0.05) is 19.8 Å². The monoisotopic (exact) mass is 488 g/mol. The summed E-state index contributed by atoms with van der Waals surface area (Å²) in [6.07, 6.45) is 12.6. The molecule has 0 radical (unpaired) electrons. The maximum Gasteiger partial charge on any atom is 0.323 e. The van der Waals surface area contributed by atoms with Gasteiger partial charge in [-0.15, -0.1) is 0 Å². The fourth-order valence-corrected chi connectivity index (χ4v) is 9.86. The van der Waals surface area contributed by atoms with Crippen molar-refractivity contribution in [2.24, 2.45) is 52.3 Å². The van der Waals surface area contributed by atoms with Gasteiger partial charge < -0.3 is 14.6 Å². The molecule has 198 valence electrons.